The fraction of sp³-hybridized carbons (Fsp3) is 1.00. The smallest absolute Gasteiger partial charge is 0.0587 e. The highest BCUT2D eigenvalue weighted by Gasteiger charge is 2.25. The van der Waals surface area contributed by atoms with Gasteiger partial charge in [-0.05, 0) is 25.8 Å². The summed E-state index contributed by atoms with van der Waals surface area (Å²) in [4.78, 5) is 2.35. The molecule has 1 saturated heterocycles. The SMILES string of the molecule is CCCCCCCN1CCC(O)CC1CO.CO. The molecule has 0 aliphatic carbocycles. The van der Waals surface area contributed by atoms with E-state index in [4.69, 9.17) is 5.11 Å². The largest absolute Gasteiger partial charge is 0.400 e. The van der Waals surface area contributed by atoms with Gasteiger partial charge in [0.05, 0.1) is 12.7 Å². The molecule has 3 N–H and O–H groups in total. The zero-order valence-corrected chi connectivity index (χ0v) is 12.0. The molecule has 0 radical (unpaired) electrons. The Labute approximate surface area is 112 Å². The maximum Gasteiger partial charge on any atom is 0.0587 e. The van der Waals surface area contributed by atoms with Gasteiger partial charge in [-0.3, -0.25) is 4.90 Å². The summed E-state index contributed by atoms with van der Waals surface area (Å²) >= 11 is 0. The first-order chi connectivity index (χ1) is 8.77. The lowest BCUT2D eigenvalue weighted by atomic mass is 9.99. The molecule has 1 heterocycles. The number of piperidine rings is 1. The van der Waals surface area contributed by atoms with Crippen molar-refractivity contribution in [3.05, 3.63) is 0 Å². The predicted molar refractivity (Wildman–Crippen MR) is 74.6 cm³/mol. The minimum absolute atomic E-state index is 0.187. The van der Waals surface area contributed by atoms with Crippen LogP contribution in [0.3, 0.4) is 0 Å². The van der Waals surface area contributed by atoms with E-state index >= 15 is 0 Å². The van der Waals surface area contributed by atoms with E-state index in [2.05, 4.69) is 11.8 Å². The molecule has 0 aromatic heterocycles. The van der Waals surface area contributed by atoms with Gasteiger partial charge in [-0.1, -0.05) is 32.6 Å². The van der Waals surface area contributed by atoms with Gasteiger partial charge < -0.3 is 15.3 Å². The molecule has 4 nitrogen and oxygen atoms in total. The molecule has 0 amide bonds. The Morgan fingerprint density at radius 1 is 1.11 bits per heavy atom. The van der Waals surface area contributed by atoms with Gasteiger partial charge in [0.1, 0.15) is 0 Å². The molecule has 0 spiro atoms. The van der Waals surface area contributed by atoms with Crippen molar-refractivity contribution in [2.24, 2.45) is 0 Å². The van der Waals surface area contributed by atoms with Crippen molar-refractivity contribution >= 4 is 0 Å². The van der Waals surface area contributed by atoms with Crippen LogP contribution < -0.4 is 0 Å². The molecular formula is C14H31NO3. The van der Waals surface area contributed by atoms with E-state index in [9.17, 15) is 10.2 Å². The molecule has 1 rings (SSSR count). The van der Waals surface area contributed by atoms with Gasteiger partial charge in [0.25, 0.3) is 0 Å². The molecule has 2 atom stereocenters. The molecule has 0 bridgehead atoms. The summed E-state index contributed by atoms with van der Waals surface area (Å²) in [5.41, 5.74) is 0. The molecule has 1 fully saturated rings. The summed E-state index contributed by atoms with van der Waals surface area (Å²) < 4.78 is 0. The minimum Gasteiger partial charge on any atom is -0.400 e. The molecular weight excluding hydrogens is 230 g/mol. The number of unbranched alkanes of at least 4 members (excludes halogenated alkanes) is 4. The second-order valence-corrected chi connectivity index (χ2v) is 4.96. The second kappa shape index (κ2) is 11.9. The summed E-state index contributed by atoms with van der Waals surface area (Å²) in [5, 5.41) is 25.8. The summed E-state index contributed by atoms with van der Waals surface area (Å²) in [6.45, 7) is 4.45. The Balaban J connectivity index is 0.00000137. The fourth-order valence-electron chi connectivity index (χ4n) is 2.48. The highest BCUT2D eigenvalue weighted by atomic mass is 16.3. The Morgan fingerprint density at radius 3 is 2.39 bits per heavy atom. The maximum absolute atomic E-state index is 9.53. The molecule has 1 aliphatic rings. The number of aliphatic hydroxyl groups is 3. The van der Waals surface area contributed by atoms with Crippen LogP contribution in [0.25, 0.3) is 0 Å². The van der Waals surface area contributed by atoms with E-state index in [0.717, 1.165) is 33.0 Å². The Hall–Kier alpha value is -0.160. The van der Waals surface area contributed by atoms with Crippen LogP contribution in [0.15, 0.2) is 0 Å². The monoisotopic (exact) mass is 261 g/mol. The van der Waals surface area contributed by atoms with E-state index in [-0.39, 0.29) is 18.8 Å². The molecule has 4 heteroatoms. The lowest BCUT2D eigenvalue weighted by Gasteiger charge is -2.36. The third kappa shape index (κ3) is 7.31. The normalized spacial score (nSPS) is 24.5. The number of hydrogen-bond donors (Lipinski definition) is 3. The van der Waals surface area contributed by atoms with E-state index in [1.807, 2.05) is 0 Å². The Bertz CT molecular complexity index is 178. The topological polar surface area (TPSA) is 63.9 Å². The van der Waals surface area contributed by atoms with Crippen molar-refractivity contribution in [2.45, 2.75) is 64.0 Å². The Morgan fingerprint density at radius 2 is 1.78 bits per heavy atom. The van der Waals surface area contributed by atoms with Gasteiger partial charge in [-0.15, -0.1) is 0 Å². The highest BCUT2D eigenvalue weighted by molar-refractivity contribution is 4.80. The number of aliphatic hydroxyl groups excluding tert-OH is 3. The maximum atomic E-state index is 9.53. The quantitative estimate of drug-likeness (QED) is 0.606. The molecule has 1 aliphatic heterocycles. The molecule has 2 unspecified atom stereocenters. The van der Waals surface area contributed by atoms with Crippen molar-refractivity contribution in [3.63, 3.8) is 0 Å². The third-order valence-corrected chi connectivity index (χ3v) is 3.57. The molecule has 0 saturated carbocycles. The fourth-order valence-corrected chi connectivity index (χ4v) is 2.48. The molecule has 0 aromatic carbocycles. The van der Waals surface area contributed by atoms with Crippen molar-refractivity contribution < 1.29 is 15.3 Å². The van der Waals surface area contributed by atoms with Gasteiger partial charge in [0.2, 0.25) is 0 Å². The lowest BCUT2D eigenvalue weighted by Crippen LogP contribution is -2.46. The Kier molecular flexibility index (Phi) is 11.8. The molecule has 0 aromatic rings. The van der Waals surface area contributed by atoms with Crippen LogP contribution in [0.4, 0.5) is 0 Å². The van der Waals surface area contributed by atoms with Crippen LogP contribution in [0.1, 0.15) is 51.9 Å². The van der Waals surface area contributed by atoms with E-state index < -0.39 is 0 Å². The number of likely N-dealkylation sites (tertiary alicyclic amines) is 1. The van der Waals surface area contributed by atoms with Crippen LogP contribution in [-0.2, 0) is 0 Å². The van der Waals surface area contributed by atoms with Crippen LogP contribution in [0, 0.1) is 0 Å². The van der Waals surface area contributed by atoms with Crippen molar-refractivity contribution in [2.75, 3.05) is 26.8 Å². The van der Waals surface area contributed by atoms with Gasteiger partial charge in [-0.25, -0.2) is 0 Å². The van der Waals surface area contributed by atoms with Crippen molar-refractivity contribution in [1.82, 2.24) is 4.90 Å². The third-order valence-electron chi connectivity index (χ3n) is 3.57. The summed E-state index contributed by atoms with van der Waals surface area (Å²) in [7, 11) is 1.00. The molecule has 110 valence electrons. The van der Waals surface area contributed by atoms with Gasteiger partial charge in [0.15, 0.2) is 0 Å². The van der Waals surface area contributed by atoms with E-state index in [0.29, 0.717) is 0 Å². The van der Waals surface area contributed by atoms with Crippen LogP contribution in [0.2, 0.25) is 0 Å². The minimum atomic E-state index is -0.200. The van der Waals surface area contributed by atoms with Crippen LogP contribution in [0.5, 0.6) is 0 Å². The van der Waals surface area contributed by atoms with Gasteiger partial charge in [-0.2, -0.15) is 0 Å². The van der Waals surface area contributed by atoms with Gasteiger partial charge >= 0.3 is 0 Å². The zero-order valence-electron chi connectivity index (χ0n) is 12.0. The summed E-state index contributed by atoms with van der Waals surface area (Å²) in [6, 6.07) is 0.190. The summed E-state index contributed by atoms with van der Waals surface area (Å²) in [5.74, 6) is 0. The standard InChI is InChI=1S/C13H27NO2.CH4O/c1-2-3-4-5-6-8-14-9-7-13(16)10-12(14)11-15;1-2/h12-13,15-16H,2-11H2,1H3;2H,1H3. The van der Waals surface area contributed by atoms with Crippen molar-refractivity contribution in [1.29, 1.82) is 0 Å². The van der Waals surface area contributed by atoms with E-state index in [1.54, 1.807) is 0 Å². The highest BCUT2D eigenvalue weighted by Crippen LogP contribution is 2.18. The average molecular weight is 261 g/mol. The summed E-state index contributed by atoms with van der Waals surface area (Å²) in [6.07, 6.45) is 7.89. The van der Waals surface area contributed by atoms with E-state index in [1.165, 1.54) is 32.1 Å². The number of hydrogen-bond acceptors (Lipinski definition) is 4. The van der Waals surface area contributed by atoms with Crippen LogP contribution >= 0.6 is 0 Å². The average Bonchev–Trinajstić information content (AvgIpc) is 2.42. The number of nitrogens with zero attached hydrogens (tertiary/aromatic N) is 1. The van der Waals surface area contributed by atoms with Crippen LogP contribution in [-0.4, -0.2) is 59.2 Å². The molecule has 18 heavy (non-hydrogen) atoms. The predicted octanol–water partition coefficient (Wildman–Crippen LogP) is 1.38. The first-order valence-electron chi connectivity index (χ1n) is 7.25. The van der Waals surface area contributed by atoms with Gasteiger partial charge in [0, 0.05) is 19.7 Å². The second-order valence-electron chi connectivity index (χ2n) is 4.96. The van der Waals surface area contributed by atoms with Crippen molar-refractivity contribution in [3.8, 4) is 0 Å². The lowest BCUT2D eigenvalue weighted by molar-refractivity contribution is 0.0163. The first kappa shape index (κ1) is 17.8. The number of rotatable bonds is 7. The zero-order chi connectivity index (χ0) is 13.8. The first-order valence-corrected chi connectivity index (χ1v) is 7.25.